The largest absolute Gasteiger partial charge is 0.367 e. The van der Waals surface area contributed by atoms with E-state index < -0.39 is 6.50 Å². The molecule has 144 valence electrons. The van der Waals surface area contributed by atoms with Gasteiger partial charge in [0.15, 0.2) is 0 Å². The van der Waals surface area contributed by atoms with Gasteiger partial charge in [-0.3, -0.25) is 0 Å². The Balaban J connectivity index is 1.43. The first-order valence-electron chi connectivity index (χ1n) is 10.5. The van der Waals surface area contributed by atoms with Crippen LogP contribution < -0.4 is 15.5 Å². The summed E-state index contributed by atoms with van der Waals surface area (Å²) in [4.78, 5) is 21.5. The normalized spacial score (nSPS) is 14.3. The number of carbonyl (C=O) groups excluding carboxylic acids is 1. The van der Waals surface area contributed by atoms with E-state index in [0.717, 1.165) is 16.6 Å². The zero-order valence-electron chi connectivity index (χ0n) is 17.6. The van der Waals surface area contributed by atoms with Crippen molar-refractivity contribution in [2.24, 2.45) is 0 Å². The first kappa shape index (κ1) is 15.2. The number of benzene rings is 2. The van der Waals surface area contributed by atoms with E-state index in [-0.39, 0.29) is 6.03 Å². The predicted octanol–water partition coefficient (Wildman–Crippen LogP) is 4.77. The van der Waals surface area contributed by atoms with Crippen LogP contribution in [0, 0.1) is 0 Å². The number of para-hydroxylation sites is 1. The number of anilines is 3. The molecule has 29 heavy (non-hydrogen) atoms. The number of nitrogens with zero attached hydrogens (tertiary/aromatic N) is 2. The summed E-state index contributed by atoms with van der Waals surface area (Å²) in [7, 11) is 0. The summed E-state index contributed by atoms with van der Waals surface area (Å²) in [5, 5.41) is 6.49. The molecule has 4 aromatic rings. The van der Waals surface area contributed by atoms with E-state index in [1.165, 1.54) is 0 Å². The highest BCUT2D eigenvalue weighted by atomic mass is 16.2. The zero-order chi connectivity index (χ0) is 21.4. The van der Waals surface area contributed by atoms with Gasteiger partial charge in [0.25, 0.3) is 0 Å². The van der Waals surface area contributed by atoms with Gasteiger partial charge in [-0.15, -0.1) is 0 Å². The lowest BCUT2D eigenvalue weighted by Crippen LogP contribution is -2.20. The van der Waals surface area contributed by atoms with Crippen LogP contribution in [-0.4, -0.2) is 22.5 Å². The Labute approximate surface area is 171 Å². The first-order chi connectivity index (χ1) is 15.0. The van der Waals surface area contributed by atoms with Crippen LogP contribution in [0.5, 0.6) is 0 Å². The van der Waals surface area contributed by atoms with E-state index in [1.807, 2.05) is 54.6 Å². The Kier molecular flexibility index (Phi) is 3.82. The average molecular weight is 385 g/mol. The maximum atomic E-state index is 12.5. The van der Waals surface area contributed by atoms with Crippen LogP contribution in [-0.2, 0) is 12.9 Å². The molecular weight excluding hydrogens is 362 g/mol. The highest BCUT2D eigenvalue weighted by Gasteiger charge is 2.23. The molecule has 6 nitrogen and oxygen atoms in total. The van der Waals surface area contributed by atoms with Gasteiger partial charge < -0.3 is 20.5 Å². The third kappa shape index (κ3) is 3.40. The Morgan fingerprint density at radius 1 is 1.10 bits per heavy atom. The van der Waals surface area contributed by atoms with Crippen molar-refractivity contribution in [3.8, 4) is 0 Å². The lowest BCUT2D eigenvalue weighted by molar-refractivity contribution is 0.262. The number of pyridine rings is 1. The van der Waals surface area contributed by atoms with E-state index in [2.05, 4.69) is 20.6 Å². The van der Waals surface area contributed by atoms with Crippen LogP contribution in [0.2, 0.25) is 0 Å². The molecular formula is C23H21N5O. The number of nitrogens with one attached hydrogen (secondary N) is 3. The van der Waals surface area contributed by atoms with Gasteiger partial charge >= 0.3 is 6.03 Å². The van der Waals surface area contributed by atoms with E-state index in [0.29, 0.717) is 35.6 Å². The van der Waals surface area contributed by atoms with Crippen molar-refractivity contribution in [1.29, 1.82) is 0 Å². The molecule has 0 bridgehead atoms. The van der Waals surface area contributed by atoms with Crippen molar-refractivity contribution in [2.45, 2.75) is 12.9 Å². The Hall–Kier alpha value is -3.80. The molecule has 1 aliphatic heterocycles. The van der Waals surface area contributed by atoms with E-state index >= 15 is 0 Å². The molecule has 2 aromatic carbocycles. The summed E-state index contributed by atoms with van der Waals surface area (Å²) in [6.45, 7) is -1.23. The fourth-order valence-electron chi connectivity index (χ4n) is 3.68. The lowest BCUT2D eigenvalue weighted by Gasteiger charge is -2.20. The number of H-pyrrole nitrogens is 1. The van der Waals surface area contributed by atoms with Gasteiger partial charge in [-0.1, -0.05) is 24.3 Å². The second-order valence-electron chi connectivity index (χ2n) is 6.86. The summed E-state index contributed by atoms with van der Waals surface area (Å²) in [6.07, 6.45) is 4.02. The van der Waals surface area contributed by atoms with Crippen molar-refractivity contribution in [1.82, 2.24) is 9.97 Å². The fraction of sp³-hybridized carbons (Fsp3) is 0.130. The molecule has 0 radical (unpaired) electrons. The number of aromatic nitrogens is 2. The molecule has 0 fully saturated rings. The molecule has 0 spiro atoms. The van der Waals surface area contributed by atoms with E-state index in [4.69, 9.17) is 2.74 Å². The fourth-order valence-corrected chi connectivity index (χ4v) is 3.68. The maximum absolute atomic E-state index is 12.5. The number of rotatable bonds is 4. The SMILES string of the molecule is [2H]C([2H])(c1ccnc2[nH]ccc12)N1CCc2c(NC(=O)Nc3ccccc3)cccc21. The second-order valence-corrected chi connectivity index (χ2v) is 6.86. The molecule has 0 saturated heterocycles. The minimum Gasteiger partial charge on any atom is -0.367 e. The van der Waals surface area contributed by atoms with E-state index in [9.17, 15) is 4.79 Å². The van der Waals surface area contributed by atoms with Gasteiger partial charge in [0.2, 0.25) is 0 Å². The quantitative estimate of drug-likeness (QED) is 0.474. The van der Waals surface area contributed by atoms with Gasteiger partial charge in [-0.05, 0) is 48.4 Å². The van der Waals surface area contributed by atoms with Crippen molar-refractivity contribution in [3.05, 3.63) is 84.2 Å². The van der Waals surface area contributed by atoms with Crippen LogP contribution >= 0.6 is 0 Å². The van der Waals surface area contributed by atoms with Crippen LogP contribution in [0.1, 0.15) is 13.9 Å². The Morgan fingerprint density at radius 3 is 2.90 bits per heavy atom. The number of hydrogen-bond donors (Lipinski definition) is 3. The van der Waals surface area contributed by atoms with Crippen LogP contribution in [0.3, 0.4) is 0 Å². The summed E-state index contributed by atoms with van der Waals surface area (Å²) in [5.74, 6) is 0. The predicted molar refractivity (Wildman–Crippen MR) is 116 cm³/mol. The number of carbonyl (C=O) groups is 1. The second kappa shape index (κ2) is 7.31. The third-order valence-electron chi connectivity index (χ3n) is 5.02. The summed E-state index contributed by atoms with van der Waals surface area (Å²) in [6, 6.07) is 18.1. The Morgan fingerprint density at radius 2 is 2.00 bits per heavy atom. The first-order valence-corrected chi connectivity index (χ1v) is 9.49. The smallest absolute Gasteiger partial charge is 0.323 e. The van der Waals surface area contributed by atoms with E-state index in [1.54, 1.807) is 23.4 Å². The summed E-state index contributed by atoms with van der Waals surface area (Å²) in [5.41, 5.74) is 4.32. The molecule has 1 aliphatic rings. The average Bonchev–Trinajstić information content (AvgIpc) is 3.42. The molecule has 0 atom stereocenters. The Bertz CT molecular complexity index is 1260. The van der Waals surface area contributed by atoms with Crippen molar-refractivity contribution >= 4 is 34.1 Å². The third-order valence-corrected chi connectivity index (χ3v) is 5.02. The lowest BCUT2D eigenvalue weighted by atomic mass is 10.1. The van der Waals surface area contributed by atoms with Gasteiger partial charge in [0, 0.05) is 53.4 Å². The van der Waals surface area contributed by atoms with Crippen molar-refractivity contribution in [2.75, 3.05) is 22.1 Å². The standard InChI is InChI=1S/C23H21N5O/c29-23(26-17-5-2-1-3-6-17)27-20-7-4-8-21-19(20)11-14-28(21)15-16-9-12-24-22-18(16)10-13-25-22/h1-10,12-13H,11,14-15H2,(H,24,25)(H2,26,27,29)/i15D2. The number of urea groups is 1. The molecule has 2 aromatic heterocycles. The molecule has 3 N–H and O–H groups in total. The molecule has 5 rings (SSSR count). The van der Waals surface area contributed by atoms with Crippen molar-refractivity contribution < 1.29 is 7.54 Å². The van der Waals surface area contributed by atoms with Crippen LogP contribution in [0.25, 0.3) is 11.0 Å². The van der Waals surface area contributed by atoms with Crippen LogP contribution in [0.15, 0.2) is 73.1 Å². The number of aromatic amines is 1. The van der Waals surface area contributed by atoms with Crippen molar-refractivity contribution in [3.63, 3.8) is 0 Å². The monoisotopic (exact) mass is 385 g/mol. The highest BCUT2D eigenvalue weighted by molar-refractivity contribution is 6.00. The van der Waals surface area contributed by atoms with Crippen LogP contribution in [0.4, 0.5) is 21.9 Å². The topological polar surface area (TPSA) is 73.0 Å². The van der Waals surface area contributed by atoms with Gasteiger partial charge in [0.1, 0.15) is 5.65 Å². The molecule has 0 saturated carbocycles. The number of hydrogen-bond acceptors (Lipinski definition) is 3. The molecule has 0 unspecified atom stereocenters. The van der Waals surface area contributed by atoms with Gasteiger partial charge in [-0.2, -0.15) is 0 Å². The van der Waals surface area contributed by atoms with Gasteiger partial charge in [-0.25, -0.2) is 9.78 Å². The minimum absolute atomic E-state index is 0.329. The number of fused-ring (bicyclic) bond motifs is 2. The molecule has 2 amide bonds. The highest BCUT2D eigenvalue weighted by Crippen LogP contribution is 2.35. The zero-order valence-corrected chi connectivity index (χ0v) is 15.6. The number of amides is 2. The summed E-state index contributed by atoms with van der Waals surface area (Å²) < 4.78 is 17.9. The molecule has 3 heterocycles. The summed E-state index contributed by atoms with van der Waals surface area (Å²) >= 11 is 0. The maximum Gasteiger partial charge on any atom is 0.323 e. The molecule has 0 aliphatic carbocycles. The van der Waals surface area contributed by atoms with Gasteiger partial charge in [0.05, 0.1) is 2.74 Å². The minimum atomic E-state index is -1.74. The molecule has 6 heteroatoms.